The Labute approximate surface area is 134 Å². The highest BCUT2D eigenvalue weighted by atomic mass is 79.9. The number of hydrogen-bond acceptors (Lipinski definition) is 2. The van der Waals surface area contributed by atoms with Crippen molar-refractivity contribution in [3.63, 3.8) is 0 Å². The Kier molecular flexibility index (Phi) is 4.52. The SMILES string of the molecule is Cc1ccc(Oc2ccc(Br)cc2C=O)c(C(C)(C)C)c1. The summed E-state index contributed by atoms with van der Waals surface area (Å²) >= 11 is 3.36. The van der Waals surface area contributed by atoms with E-state index in [0.717, 1.165) is 22.1 Å². The summed E-state index contributed by atoms with van der Waals surface area (Å²) in [5.74, 6) is 1.36. The van der Waals surface area contributed by atoms with E-state index in [1.165, 1.54) is 5.56 Å². The maximum atomic E-state index is 11.2. The molecule has 0 bridgehead atoms. The fraction of sp³-hybridized carbons (Fsp3) is 0.278. The lowest BCUT2D eigenvalue weighted by Gasteiger charge is -2.23. The topological polar surface area (TPSA) is 26.3 Å². The second-order valence-electron chi connectivity index (χ2n) is 6.15. The van der Waals surface area contributed by atoms with Crippen LogP contribution in [0.5, 0.6) is 11.5 Å². The van der Waals surface area contributed by atoms with E-state index in [9.17, 15) is 4.79 Å². The number of aldehydes is 1. The average Bonchev–Trinajstić information content (AvgIpc) is 2.41. The van der Waals surface area contributed by atoms with Gasteiger partial charge in [-0.05, 0) is 36.6 Å². The first-order valence-corrected chi connectivity index (χ1v) is 7.64. The minimum Gasteiger partial charge on any atom is -0.456 e. The molecule has 0 aliphatic carbocycles. The van der Waals surface area contributed by atoms with E-state index in [1.54, 1.807) is 12.1 Å². The molecule has 2 aromatic carbocycles. The molecule has 0 unspecified atom stereocenters. The molecule has 0 N–H and O–H groups in total. The molecule has 0 aliphatic heterocycles. The Morgan fingerprint density at radius 2 is 1.71 bits per heavy atom. The third-order valence-electron chi connectivity index (χ3n) is 3.26. The number of ether oxygens (including phenoxy) is 1. The molecule has 0 saturated carbocycles. The van der Waals surface area contributed by atoms with E-state index in [1.807, 2.05) is 18.2 Å². The maximum absolute atomic E-state index is 11.2. The second kappa shape index (κ2) is 6.02. The van der Waals surface area contributed by atoms with Gasteiger partial charge in [-0.25, -0.2) is 0 Å². The zero-order valence-corrected chi connectivity index (χ0v) is 14.3. The highest BCUT2D eigenvalue weighted by Crippen LogP contribution is 2.36. The number of aryl methyl sites for hydroxylation is 1. The van der Waals surface area contributed by atoms with Crippen LogP contribution in [-0.2, 0) is 5.41 Å². The third-order valence-corrected chi connectivity index (χ3v) is 3.76. The van der Waals surface area contributed by atoms with Crippen molar-refractivity contribution in [2.75, 3.05) is 0 Å². The summed E-state index contributed by atoms with van der Waals surface area (Å²) in [6.45, 7) is 8.51. The summed E-state index contributed by atoms with van der Waals surface area (Å²) in [5, 5.41) is 0. The number of halogens is 1. The van der Waals surface area contributed by atoms with Crippen LogP contribution in [0.25, 0.3) is 0 Å². The van der Waals surface area contributed by atoms with E-state index >= 15 is 0 Å². The van der Waals surface area contributed by atoms with Crippen LogP contribution in [0.4, 0.5) is 0 Å². The molecule has 3 heteroatoms. The summed E-state index contributed by atoms with van der Waals surface area (Å²) in [6.07, 6.45) is 0.811. The normalized spacial score (nSPS) is 11.3. The van der Waals surface area contributed by atoms with E-state index in [0.29, 0.717) is 11.3 Å². The van der Waals surface area contributed by atoms with Crippen molar-refractivity contribution in [3.8, 4) is 11.5 Å². The number of benzene rings is 2. The highest BCUT2D eigenvalue weighted by molar-refractivity contribution is 9.10. The summed E-state index contributed by atoms with van der Waals surface area (Å²) in [7, 11) is 0. The van der Waals surface area contributed by atoms with Crippen LogP contribution >= 0.6 is 15.9 Å². The molecule has 0 fully saturated rings. The Balaban J connectivity index is 2.47. The van der Waals surface area contributed by atoms with Crippen LogP contribution < -0.4 is 4.74 Å². The lowest BCUT2D eigenvalue weighted by atomic mass is 9.85. The van der Waals surface area contributed by atoms with Gasteiger partial charge in [-0.3, -0.25) is 4.79 Å². The van der Waals surface area contributed by atoms with Crippen molar-refractivity contribution < 1.29 is 9.53 Å². The first-order chi connectivity index (χ1) is 9.81. The van der Waals surface area contributed by atoms with Gasteiger partial charge in [-0.1, -0.05) is 54.4 Å². The molecule has 0 saturated heterocycles. The van der Waals surface area contributed by atoms with Crippen molar-refractivity contribution in [2.45, 2.75) is 33.1 Å². The van der Waals surface area contributed by atoms with Crippen molar-refractivity contribution in [1.82, 2.24) is 0 Å². The Bertz CT molecular complexity index is 669. The third kappa shape index (κ3) is 3.73. The maximum Gasteiger partial charge on any atom is 0.153 e. The number of hydrogen-bond donors (Lipinski definition) is 0. The zero-order valence-electron chi connectivity index (χ0n) is 12.7. The summed E-state index contributed by atoms with van der Waals surface area (Å²) in [6, 6.07) is 11.5. The van der Waals surface area contributed by atoms with Gasteiger partial charge in [-0.2, -0.15) is 0 Å². The van der Waals surface area contributed by atoms with Crippen LogP contribution in [0.15, 0.2) is 40.9 Å². The highest BCUT2D eigenvalue weighted by Gasteiger charge is 2.20. The fourth-order valence-corrected chi connectivity index (χ4v) is 2.52. The fourth-order valence-electron chi connectivity index (χ4n) is 2.14. The molecular weight excluding hydrogens is 328 g/mol. The van der Waals surface area contributed by atoms with Crippen LogP contribution in [0.2, 0.25) is 0 Å². The minimum atomic E-state index is -0.0297. The Morgan fingerprint density at radius 1 is 1.05 bits per heavy atom. The molecule has 0 spiro atoms. The van der Waals surface area contributed by atoms with E-state index in [2.05, 4.69) is 49.7 Å². The van der Waals surface area contributed by atoms with Gasteiger partial charge in [-0.15, -0.1) is 0 Å². The van der Waals surface area contributed by atoms with Crippen molar-refractivity contribution in [2.24, 2.45) is 0 Å². The predicted octanol–water partition coefficient (Wildman–Crippen LogP) is 5.66. The van der Waals surface area contributed by atoms with E-state index in [4.69, 9.17) is 4.74 Å². The van der Waals surface area contributed by atoms with Gasteiger partial charge in [0.25, 0.3) is 0 Å². The molecule has 0 radical (unpaired) electrons. The molecule has 0 aliphatic rings. The van der Waals surface area contributed by atoms with Gasteiger partial charge in [0.1, 0.15) is 11.5 Å². The molecule has 2 rings (SSSR count). The molecule has 0 amide bonds. The second-order valence-corrected chi connectivity index (χ2v) is 7.07. The van der Waals surface area contributed by atoms with Crippen molar-refractivity contribution >= 4 is 22.2 Å². The van der Waals surface area contributed by atoms with E-state index < -0.39 is 0 Å². The summed E-state index contributed by atoms with van der Waals surface area (Å²) in [5.41, 5.74) is 2.82. The van der Waals surface area contributed by atoms with E-state index in [-0.39, 0.29) is 5.41 Å². The molecular formula is C18H19BrO2. The molecule has 2 aromatic rings. The molecule has 2 nitrogen and oxygen atoms in total. The van der Waals surface area contributed by atoms with Gasteiger partial charge in [0.05, 0.1) is 5.56 Å². The molecule has 0 heterocycles. The standard InChI is InChI=1S/C18H19BrO2/c1-12-5-7-17(15(9-12)18(2,3)4)21-16-8-6-14(19)10-13(16)11-20/h5-11H,1-4H3. The smallest absolute Gasteiger partial charge is 0.153 e. The largest absolute Gasteiger partial charge is 0.456 e. The first-order valence-electron chi connectivity index (χ1n) is 6.85. The van der Waals surface area contributed by atoms with Gasteiger partial charge in [0.15, 0.2) is 6.29 Å². The van der Waals surface area contributed by atoms with Gasteiger partial charge in [0, 0.05) is 10.0 Å². The van der Waals surface area contributed by atoms with Crippen molar-refractivity contribution in [1.29, 1.82) is 0 Å². The first kappa shape index (κ1) is 15.8. The summed E-state index contributed by atoms with van der Waals surface area (Å²) in [4.78, 5) is 11.2. The van der Waals surface area contributed by atoms with Crippen LogP contribution in [-0.4, -0.2) is 6.29 Å². The Hall–Kier alpha value is -1.61. The van der Waals surface area contributed by atoms with Gasteiger partial charge < -0.3 is 4.74 Å². The van der Waals surface area contributed by atoms with Crippen molar-refractivity contribution in [3.05, 3.63) is 57.6 Å². The predicted molar refractivity (Wildman–Crippen MR) is 89.5 cm³/mol. The number of carbonyl (C=O) groups excluding carboxylic acids is 1. The molecule has 0 atom stereocenters. The molecule has 21 heavy (non-hydrogen) atoms. The minimum absolute atomic E-state index is 0.0297. The average molecular weight is 347 g/mol. The molecule has 110 valence electrons. The monoisotopic (exact) mass is 346 g/mol. The zero-order chi connectivity index (χ0) is 15.6. The van der Waals surface area contributed by atoms with Gasteiger partial charge in [0.2, 0.25) is 0 Å². The van der Waals surface area contributed by atoms with Crippen LogP contribution in [0.3, 0.4) is 0 Å². The quantitative estimate of drug-likeness (QED) is 0.670. The Morgan fingerprint density at radius 3 is 2.33 bits per heavy atom. The number of rotatable bonds is 3. The van der Waals surface area contributed by atoms with Crippen LogP contribution in [0, 0.1) is 6.92 Å². The van der Waals surface area contributed by atoms with Gasteiger partial charge >= 0.3 is 0 Å². The lowest BCUT2D eigenvalue weighted by Crippen LogP contribution is -2.13. The van der Waals surface area contributed by atoms with Crippen LogP contribution in [0.1, 0.15) is 42.3 Å². The lowest BCUT2D eigenvalue weighted by molar-refractivity contribution is 0.112. The number of carbonyl (C=O) groups is 1. The molecule has 0 aromatic heterocycles. The summed E-state index contributed by atoms with van der Waals surface area (Å²) < 4.78 is 6.87.